The Morgan fingerprint density at radius 3 is 2.80 bits per heavy atom. The Bertz CT molecular complexity index is 164. The number of rotatable bonds is 0. The van der Waals surface area contributed by atoms with Crippen LogP contribution in [0.15, 0.2) is 16.9 Å². The smallest absolute Gasteiger partial charge is 0.0678 e. The molecule has 1 saturated carbocycles. The van der Waals surface area contributed by atoms with Crippen molar-refractivity contribution < 1.29 is 0 Å². The fourth-order valence-electron chi connectivity index (χ4n) is 1.33. The van der Waals surface area contributed by atoms with Gasteiger partial charge in [0.1, 0.15) is 0 Å². The van der Waals surface area contributed by atoms with Crippen molar-refractivity contribution in [3.8, 4) is 0 Å². The lowest BCUT2D eigenvalue weighted by Gasteiger charge is -2.10. The van der Waals surface area contributed by atoms with Crippen molar-refractivity contribution in [3.05, 3.63) is 11.8 Å². The summed E-state index contributed by atoms with van der Waals surface area (Å²) in [6.07, 6.45) is 6.86. The molecular formula is C7H10ClN2. The minimum atomic E-state index is 0. The Morgan fingerprint density at radius 2 is 2.00 bits per heavy atom. The summed E-state index contributed by atoms with van der Waals surface area (Å²) in [6.45, 7) is 0. The highest BCUT2D eigenvalue weighted by molar-refractivity contribution is 6.01. The van der Waals surface area contributed by atoms with Gasteiger partial charge in [-0.3, -0.25) is 0 Å². The quantitative estimate of drug-likeness (QED) is 0.513. The zero-order valence-electron chi connectivity index (χ0n) is 5.71. The Labute approximate surface area is 66.8 Å². The molecule has 0 saturated heterocycles. The van der Waals surface area contributed by atoms with Gasteiger partial charge in [-0.05, 0) is 31.3 Å². The summed E-state index contributed by atoms with van der Waals surface area (Å²) < 4.78 is 0. The number of hydrogen-bond acceptors (Lipinski definition) is 1. The monoisotopic (exact) mass is 157 g/mol. The second-order valence-electron chi connectivity index (χ2n) is 2.52. The van der Waals surface area contributed by atoms with E-state index in [4.69, 9.17) is 0 Å². The molecule has 0 aromatic heterocycles. The predicted molar refractivity (Wildman–Crippen MR) is 43.4 cm³/mol. The maximum Gasteiger partial charge on any atom is 0.0678 e. The van der Waals surface area contributed by atoms with E-state index in [0.717, 1.165) is 6.42 Å². The molecule has 1 heterocycles. The van der Waals surface area contributed by atoms with E-state index >= 15 is 0 Å². The summed E-state index contributed by atoms with van der Waals surface area (Å²) in [4.78, 5) is 0. The maximum atomic E-state index is 4.01. The molecule has 0 aromatic carbocycles. The van der Waals surface area contributed by atoms with Crippen LogP contribution in [-0.4, -0.2) is 5.71 Å². The maximum absolute atomic E-state index is 4.01. The molecule has 2 aliphatic rings. The first-order chi connectivity index (χ1) is 4.47. The molecule has 1 radical (unpaired) electrons. The summed E-state index contributed by atoms with van der Waals surface area (Å²) in [5, 5.41) is 4.01. The van der Waals surface area contributed by atoms with Crippen LogP contribution in [0, 0.1) is 0 Å². The van der Waals surface area contributed by atoms with Crippen LogP contribution in [0.5, 0.6) is 0 Å². The number of allylic oxidation sites excluding steroid dienone is 1. The van der Waals surface area contributed by atoms with Gasteiger partial charge in [0.15, 0.2) is 0 Å². The number of halogens is 1. The van der Waals surface area contributed by atoms with E-state index < -0.39 is 0 Å². The van der Waals surface area contributed by atoms with Gasteiger partial charge in [0.25, 0.3) is 0 Å². The fourth-order valence-corrected chi connectivity index (χ4v) is 1.33. The van der Waals surface area contributed by atoms with Gasteiger partial charge >= 0.3 is 0 Å². The van der Waals surface area contributed by atoms with Crippen molar-refractivity contribution in [2.75, 3.05) is 0 Å². The van der Waals surface area contributed by atoms with E-state index in [1.165, 1.54) is 30.5 Å². The highest BCUT2D eigenvalue weighted by Gasteiger charge is 2.16. The Morgan fingerprint density at radius 1 is 1.20 bits per heavy atom. The predicted octanol–water partition coefficient (Wildman–Crippen LogP) is 1.84. The molecule has 0 unspecified atom stereocenters. The highest BCUT2D eigenvalue weighted by Crippen LogP contribution is 2.22. The summed E-state index contributed by atoms with van der Waals surface area (Å²) in [5.41, 5.74) is 6.47. The zero-order chi connectivity index (χ0) is 6.10. The standard InChI is InChI=1S/C7H9N2.ClH/c1-2-4-7-6(3-1)5-8-9-7;/h5H,1-4H2;1H. The zero-order valence-corrected chi connectivity index (χ0v) is 6.52. The first-order valence-corrected chi connectivity index (χ1v) is 3.43. The van der Waals surface area contributed by atoms with Crippen LogP contribution < -0.4 is 5.43 Å². The molecule has 0 aromatic rings. The SMILES string of the molecule is C1=C2CCCCC2=N[N]1.Cl. The molecule has 0 spiro atoms. The minimum absolute atomic E-state index is 0. The number of hydrogen-bond donors (Lipinski definition) is 0. The van der Waals surface area contributed by atoms with Crippen LogP contribution in [0.3, 0.4) is 0 Å². The molecule has 0 bridgehead atoms. The van der Waals surface area contributed by atoms with Gasteiger partial charge in [-0.15, -0.1) is 12.4 Å². The van der Waals surface area contributed by atoms with Gasteiger partial charge in [0.05, 0.1) is 11.9 Å². The Balaban J connectivity index is 0.000000500. The lowest BCUT2D eigenvalue weighted by molar-refractivity contribution is 0.736. The van der Waals surface area contributed by atoms with Crippen LogP contribution >= 0.6 is 12.4 Å². The molecule has 55 valence electrons. The van der Waals surface area contributed by atoms with Crippen molar-refractivity contribution in [1.29, 1.82) is 0 Å². The van der Waals surface area contributed by atoms with Crippen LogP contribution in [0.2, 0.25) is 0 Å². The average Bonchev–Trinajstić information content (AvgIpc) is 2.33. The summed E-state index contributed by atoms with van der Waals surface area (Å²) >= 11 is 0. The first-order valence-electron chi connectivity index (χ1n) is 3.43. The number of fused-ring (bicyclic) bond motifs is 1. The van der Waals surface area contributed by atoms with Gasteiger partial charge in [-0.1, -0.05) is 0 Å². The third-order valence-electron chi connectivity index (χ3n) is 1.87. The largest absolute Gasteiger partial charge is 0.159 e. The van der Waals surface area contributed by atoms with E-state index in [9.17, 15) is 0 Å². The van der Waals surface area contributed by atoms with E-state index in [1.807, 2.05) is 6.20 Å². The molecule has 3 heteroatoms. The van der Waals surface area contributed by atoms with Gasteiger partial charge < -0.3 is 0 Å². The highest BCUT2D eigenvalue weighted by atomic mass is 35.5. The van der Waals surface area contributed by atoms with Crippen LogP contribution in [-0.2, 0) is 0 Å². The van der Waals surface area contributed by atoms with E-state index in [2.05, 4.69) is 10.5 Å². The second-order valence-corrected chi connectivity index (χ2v) is 2.52. The normalized spacial score (nSPS) is 21.6. The van der Waals surface area contributed by atoms with Crippen molar-refractivity contribution in [2.45, 2.75) is 25.7 Å². The average molecular weight is 158 g/mol. The van der Waals surface area contributed by atoms with Crippen molar-refractivity contribution in [3.63, 3.8) is 0 Å². The summed E-state index contributed by atoms with van der Waals surface area (Å²) in [5.74, 6) is 0. The molecule has 0 N–H and O–H groups in total. The van der Waals surface area contributed by atoms with Crippen LogP contribution in [0.4, 0.5) is 0 Å². The van der Waals surface area contributed by atoms with Crippen molar-refractivity contribution in [1.82, 2.24) is 5.43 Å². The summed E-state index contributed by atoms with van der Waals surface area (Å²) in [6, 6.07) is 0. The lowest BCUT2D eigenvalue weighted by Crippen LogP contribution is -2.05. The first kappa shape index (κ1) is 7.61. The van der Waals surface area contributed by atoms with Gasteiger partial charge in [-0.25, -0.2) is 0 Å². The van der Waals surface area contributed by atoms with E-state index in [1.54, 1.807) is 0 Å². The topological polar surface area (TPSA) is 26.5 Å². The van der Waals surface area contributed by atoms with Crippen LogP contribution in [0.25, 0.3) is 0 Å². The molecule has 0 amide bonds. The van der Waals surface area contributed by atoms with E-state index in [0.29, 0.717) is 0 Å². The van der Waals surface area contributed by atoms with Gasteiger partial charge in [0.2, 0.25) is 0 Å². The van der Waals surface area contributed by atoms with Crippen molar-refractivity contribution in [2.24, 2.45) is 5.10 Å². The van der Waals surface area contributed by atoms with Crippen molar-refractivity contribution >= 4 is 18.1 Å². The number of nitrogens with zero attached hydrogens (tertiary/aromatic N) is 2. The molecule has 0 atom stereocenters. The lowest BCUT2D eigenvalue weighted by atomic mass is 9.94. The third kappa shape index (κ3) is 1.16. The molecular weight excluding hydrogens is 148 g/mol. The summed E-state index contributed by atoms with van der Waals surface area (Å²) in [7, 11) is 0. The minimum Gasteiger partial charge on any atom is -0.159 e. The van der Waals surface area contributed by atoms with Crippen LogP contribution in [0.1, 0.15) is 25.7 Å². The van der Waals surface area contributed by atoms with E-state index in [-0.39, 0.29) is 12.4 Å². The Hall–Kier alpha value is -0.500. The second kappa shape index (κ2) is 3.06. The third-order valence-corrected chi connectivity index (χ3v) is 1.87. The molecule has 2 nitrogen and oxygen atoms in total. The van der Waals surface area contributed by atoms with Gasteiger partial charge in [-0.2, -0.15) is 10.5 Å². The molecule has 10 heavy (non-hydrogen) atoms. The molecule has 1 fully saturated rings. The molecule has 2 rings (SSSR count). The molecule has 1 aliphatic carbocycles. The van der Waals surface area contributed by atoms with Gasteiger partial charge in [0, 0.05) is 0 Å². The Kier molecular flexibility index (Phi) is 2.33. The molecule has 1 aliphatic heterocycles. The fraction of sp³-hybridized carbons (Fsp3) is 0.571.